The third-order valence-electron chi connectivity index (χ3n) is 3.53. The molecule has 0 saturated carbocycles. The van der Waals surface area contributed by atoms with Gasteiger partial charge < -0.3 is 0 Å². The number of hydrogen-bond donors (Lipinski definition) is 0. The molecule has 1 aromatic carbocycles. The van der Waals surface area contributed by atoms with Crippen molar-refractivity contribution >= 4 is 49.9 Å². The van der Waals surface area contributed by atoms with Gasteiger partial charge in [0.05, 0.1) is 11.4 Å². The lowest BCUT2D eigenvalue weighted by Gasteiger charge is -2.13. The number of rotatable bonds is 2. The summed E-state index contributed by atoms with van der Waals surface area (Å²) in [6, 6.07) is 9.84. The van der Waals surface area contributed by atoms with Crippen LogP contribution in [0.5, 0.6) is 0 Å². The first-order valence-corrected chi connectivity index (χ1v) is 9.95. The van der Waals surface area contributed by atoms with Crippen LogP contribution in [0.2, 0.25) is 0 Å². The largest absolute Gasteiger partial charge is 0.269 e. The van der Waals surface area contributed by atoms with E-state index in [2.05, 4.69) is 16.0 Å². The summed E-state index contributed by atoms with van der Waals surface area (Å²) in [5.41, 5.74) is 4.06. The van der Waals surface area contributed by atoms with Crippen molar-refractivity contribution in [1.82, 2.24) is 9.38 Å². The molecule has 0 saturated heterocycles. The first-order valence-electron chi connectivity index (χ1n) is 7.10. The van der Waals surface area contributed by atoms with Crippen LogP contribution in [0.25, 0.3) is 4.96 Å². The van der Waals surface area contributed by atoms with Gasteiger partial charge in [0.15, 0.2) is 4.96 Å². The standard InChI is InChI=1S/C16H13N3OS3/c1-10-7-21-15-17-12(6-14(20)19(10)15)9-23-16-18-13-5-3-2-4-11(13)8-22-16/h2-7H,8-9H2,1H3. The quantitative estimate of drug-likeness (QED) is 0.687. The van der Waals surface area contributed by atoms with Gasteiger partial charge in [-0.1, -0.05) is 41.7 Å². The highest BCUT2D eigenvalue weighted by Gasteiger charge is 2.13. The van der Waals surface area contributed by atoms with E-state index >= 15 is 0 Å². The van der Waals surface area contributed by atoms with Crippen molar-refractivity contribution in [3.63, 3.8) is 0 Å². The third-order valence-corrected chi connectivity index (χ3v) is 6.75. The zero-order valence-corrected chi connectivity index (χ0v) is 14.8. The maximum absolute atomic E-state index is 12.2. The fourth-order valence-electron chi connectivity index (χ4n) is 2.40. The van der Waals surface area contributed by atoms with Crippen LogP contribution in [-0.4, -0.2) is 13.8 Å². The second kappa shape index (κ2) is 6.14. The normalized spacial score (nSPS) is 13.9. The van der Waals surface area contributed by atoms with Crippen LogP contribution in [0.3, 0.4) is 0 Å². The lowest BCUT2D eigenvalue weighted by atomic mass is 10.2. The second-order valence-electron chi connectivity index (χ2n) is 5.16. The van der Waals surface area contributed by atoms with Crippen LogP contribution in [0.4, 0.5) is 5.69 Å². The number of fused-ring (bicyclic) bond motifs is 2. The summed E-state index contributed by atoms with van der Waals surface area (Å²) in [5.74, 6) is 1.61. The van der Waals surface area contributed by atoms with Crippen molar-refractivity contribution in [1.29, 1.82) is 0 Å². The van der Waals surface area contributed by atoms with Crippen LogP contribution < -0.4 is 5.56 Å². The number of nitrogens with zero attached hydrogens (tertiary/aromatic N) is 3. The summed E-state index contributed by atoms with van der Waals surface area (Å²) in [4.78, 5) is 22.2. The highest BCUT2D eigenvalue weighted by molar-refractivity contribution is 8.38. The highest BCUT2D eigenvalue weighted by atomic mass is 32.2. The van der Waals surface area contributed by atoms with Crippen LogP contribution in [0.15, 0.2) is 45.5 Å². The Morgan fingerprint density at radius 2 is 2.22 bits per heavy atom. The lowest BCUT2D eigenvalue weighted by Crippen LogP contribution is -2.14. The maximum atomic E-state index is 12.2. The Labute approximate surface area is 145 Å². The van der Waals surface area contributed by atoms with E-state index in [0.29, 0.717) is 5.75 Å². The molecule has 1 aliphatic heterocycles. The Balaban J connectivity index is 1.56. The Kier molecular flexibility index (Phi) is 4.00. The van der Waals surface area contributed by atoms with Gasteiger partial charge in [-0.15, -0.1) is 11.3 Å². The minimum atomic E-state index is -0.00654. The molecule has 0 radical (unpaired) electrons. The average molecular weight is 360 g/mol. The Morgan fingerprint density at radius 1 is 1.35 bits per heavy atom. The number of thioether (sulfide) groups is 2. The molecule has 0 amide bonds. The van der Waals surface area contributed by atoms with Crippen LogP contribution in [-0.2, 0) is 11.5 Å². The van der Waals surface area contributed by atoms with Crippen molar-refractivity contribution in [2.45, 2.75) is 18.4 Å². The molecule has 7 heteroatoms. The zero-order valence-electron chi connectivity index (χ0n) is 12.4. The minimum Gasteiger partial charge on any atom is -0.269 e. The van der Waals surface area contributed by atoms with E-state index in [1.165, 1.54) is 16.9 Å². The summed E-state index contributed by atoms with van der Waals surface area (Å²) in [5, 5.41) is 1.96. The molecule has 1 aliphatic rings. The second-order valence-corrected chi connectivity index (χ2v) is 8.19. The number of benzene rings is 1. The molecule has 0 atom stereocenters. The lowest BCUT2D eigenvalue weighted by molar-refractivity contribution is 0.998. The molecule has 0 bridgehead atoms. The van der Waals surface area contributed by atoms with Gasteiger partial charge in [0.25, 0.3) is 5.56 Å². The predicted octanol–water partition coefficient (Wildman–Crippen LogP) is 4.23. The van der Waals surface area contributed by atoms with E-state index in [-0.39, 0.29) is 5.56 Å². The van der Waals surface area contributed by atoms with Gasteiger partial charge in [-0.05, 0) is 18.6 Å². The van der Waals surface area contributed by atoms with Gasteiger partial charge in [-0.25, -0.2) is 9.98 Å². The van der Waals surface area contributed by atoms with E-state index in [1.807, 2.05) is 30.5 Å². The van der Waals surface area contributed by atoms with E-state index in [4.69, 9.17) is 0 Å². The number of thiazole rings is 1. The molecular weight excluding hydrogens is 346 g/mol. The Bertz CT molecular complexity index is 974. The number of hydrogen-bond acceptors (Lipinski definition) is 6. The van der Waals surface area contributed by atoms with Gasteiger partial charge in [0.2, 0.25) is 0 Å². The Hall–Kier alpha value is -1.57. The summed E-state index contributed by atoms with van der Waals surface area (Å²) >= 11 is 4.89. The van der Waals surface area contributed by atoms with Gasteiger partial charge in [-0.2, -0.15) is 0 Å². The van der Waals surface area contributed by atoms with Gasteiger partial charge in [0.1, 0.15) is 4.38 Å². The molecular formula is C16H13N3OS3. The molecule has 0 fully saturated rings. The number of aromatic nitrogens is 2. The summed E-state index contributed by atoms with van der Waals surface area (Å²) < 4.78 is 2.69. The highest BCUT2D eigenvalue weighted by Crippen LogP contribution is 2.35. The van der Waals surface area contributed by atoms with Crippen molar-refractivity contribution in [2.24, 2.45) is 4.99 Å². The summed E-state index contributed by atoms with van der Waals surface area (Å²) in [6.45, 7) is 1.92. The average Bonchev–Trinajstić information content (AvgIpc) is 2.94. The topological polar surface area (TPSA) is 46.7 Å². The Morgan fingerprint density at radius 3 is 3.13 bits per heavy atom. The molecule has 0 N–H and O–H groups in total. The fraction of sp³-hybridized carbons (Fsp3) is 0.188. The molecule has 4 nitrogen and oxygen atoms in total. The molecule has 4 rings (SSSR count). The molecule has 2 aromatic heterocycles. The molecule has 3 heterocycles. The molecule has 116 valence electrons. The maximum Gasteiger partial charge on any atom is 0.258 e. The minimum absolute atomic E-state index is 0.00654. The van der Waals surface area contributed by atoms with Crippen LogP contribution >= 0.6 is 34.9 Å². The van der Waals surface area contributed by atoms with Gasteiger partial charge in [0, 0.05) is 28.6 Å². The molecule has 23 heavy (non-hydrogen) atoms. The fourth-order valence-corrected chi connectivity index (χ4v) is 5.24. The van der Waals surface area contributed by atoms with E-state index in [1.54, 1.807) is 34.0 Å². The van der Waals surface area contributed by atoms with Crippen LogP contribution in [0.1, 0.15) is 17.0 Å². The molecule has 0 aliphatic carbocycles. The van der Waals surface area contributed by atoms with Gasteiger partial charge in [-0.3, -0.25) is 9.20 Å². The smallest absolute Gasteiger partial charge is 0.258 e. The van der Waals surface area contributed by atoms with Crippen molar-refractivity contribution < 1.29 is 0 Å². The summed E-state index contributed by atoms with van der Waals surface area (Å²) in [6.07, 6.45) is 0. The zero-order chi connectivity index (χ0) is 15.8. The first-order chi connectivity index (χ1) is 11.2. The van der Waals surface area contributed by atoms with Gasteiger partial charge >= 0.3 is 0 Å². The van der Waals surface area contributed by atoms with Crippen molar-refractivity contribution in [3.05, 3.63) is 63.0 Å². The SMILES string of the molecule is Cc1csc2nc(CSC3=Nc4ccccc4CS3)cc(=O)n12. The number of para-hydroxylation sites is 1. The van der Waals surface area contributed by atoms with Crippen molar-refractivity contribution in [2.75, 3.05) is 0 Å². The molecule has 3 aromatic rings. The third kappa shape index (κ3) is 2.96. The number of aryl methyl sites for hydroxylation is 1. The van der Waals surface area contributed by atoms with E-state index in [9.17, 15) is 4.79 Å². The number of aliphatic imine (C=N–C) groups is 1. The van der Waals surface area contributed by atoms with E-state index < -0.39 is 0 Å². The molecule has 0 unspecified atom stereocenters. The first kappa shape index (κ1) is 15.0. The summed E-state index contributed by atoms with van der Waals surface area (Å²) in [7, 11) is 0. The van der Waals surface area contributed by atoms with Crippen LogP contribution in [0, 0.1) is 6.92 Å². The monoisotopic (exact) mass is 359 g/mol. The van der Waals surface area contributed by atoms with E-state index in [0.717, 1.165) is 32.2 Å². The predicted molar refractivity (Wildman–Crippen MR) is 100 cm³/mol. The molecule has 0 spiro atoms. The van der Waals surface area contributed by atoms with Crippen molar-refractivity contribution in [3.8, 4) is 0 Å².